The fraction of sp³-hybridized carbons (Fsp3) is 1.00. The molecule has 0 saturated carbocycles. The number of methoxy groups -OCH3 is 1. The standard InChI is InChI=1S/C5H12N2O4S/c1-10-5-3-11-2-4(5)7-12(6,8)9/h4-5,7H,2-3H2,1H3,(H2,6,8,9)/t4-,5-/m0/s1. The Kier molecular flexibility index (Phi) is 3.02. The molecule has 0 spiro atoms. The summed E-state index contributed by atoms with van der Waals surface area (Å²) in [6.45, 7) is 0.693. The number of ether oxygens (including phenoxy) is 2. The van der Waals surface area contributed by atoms with E-state index in [-0.39, 0.29) is 12.1 Å². The monoisotopic (exact) mass is 196 g/mol. The third kappa shape index (κ3) is 2.68. The Labute approximate surface area is 71.2 Å². The summed E-state index contributed by atoms with van der Waals surface area (Å²) >= 11 is 0. The average Bonchev–Trinajstić information content (AvgIpc) is 2.31. The van der Waals surface area contributed by atoms with E-state index in [0.29, 0.717) is 13.2 Å². The molecule has 0 aromatic rings. The summed E-state index contributed by atoms with van der Waals surface area (Å²) in [6.07, 6.45) is -0.247. The van der Waals surface area contributed by atoms with Gasteiger partial charge < -0.3 is 9.47 Å². The predicted octanol–water partition coefficient (Wildman–Crippen LogP) is -1.81. The highest BCUT2D eigenvalue weighted by Crippen LogP contribution is 2.08. The number of rotatable bonds is 3. The Bertz CT molecular complexity index is 240. The Balaban J connectivity index is 2.52. The number of nitrogens with two attached hydrogens (primary N) is 1. The Morgan fingerprint density at radius 2 is 2.25 bits per heavy atom. The van der Waals surface area contributed by atoms with Crippen LogP contribution in [0.15, 0.2) is 0 Å². The highest BCUT2D eigenvalue weighted by atomic mass is 32.2. The van der Waals surface area contributed by atoms with Gasteiger partial charge in [-0.15, -0.1) is 0 Å². The van der Waals surface area contributed by atoms with Crippen LogP contribution in [0.4, 0.5) is 0 Å². The molecule has 0 amide bonds. The van der Waals surface area contributed by atoms with Crippen molar-refractivity contribution in [3.05, 3.63) is 0 Å². The van der Waals surface area contributed by atoms with Crippen LogP contribution in [-0.2, 0) is 19.7 Å². The molecule has 0 unspecified atom stereocenters. The van der Waals surface area contributed by atoms with Gasteiger partial charge in [-0.05, 0) is 0 Å². The van der Waals surface area contributed by atoms with Crippen molar-refractivity contribution in [3.8, 4) is 0 Å². The van der Waals surface area contributed by atoms with Gasteiger partial charge in [0.1, 0.15) is 0 Å². The fourth-order valence-corrected chi connectivity index (χ4v) is 1.73. The molecule has 3 N–H and O–H groups in total. The van der Waals surface area contributed by atoms with Gasteiger partial charge in [0, 0.05) is 7.11 Å². The predicted molar refractivity (Wildman–Crippen MR) is 41.6 cm³/mol. The second-order valence-corrected chi connectivity index (χ2v) is 3.91. The second kappa shape index (κ2) is 3.67. The third-order valence-corrected chi connectivity index (χ3v) is 2.28. The first-order chi connectivity index (χ1) is 5.53. The quantitative estimate of drug-likeness (QED) is 0.557. The van der Waals surface area contributed by atoms with Crippen LogP contribution in [0, 0.1) is 0 Å². The molecular formula is C5H12N2O4S. The maximum absolute atomic E-state index is 10.6. The smallest absolute Gasteiger partial charge is 0.274 e. The van der Waals surface area contributed by atoms with Crippen molar-refractivity contribution in [2.45, 2.75) is 12.1 Å². The summed E-state index contributed by atoms with van der Waals surface area (Å²) < 4.78 is 33.4. The van der Waals surface area contributed by atoms with Gasteiger partial charge in [-0.2, -0.15) is 13.1 Å². The summed E-state index contributed by atoms with van der Waals surface area (Å²) in [7, 11) is -2.16. The van der Waals surface area contributed by atoms with E-state index in [4.69, 9.17) is 14.6 Å². The first kappa shape index (κ1) is 9.87. The first-order valence-corrected chi connectivity index (χ1v) is 4.98. The van der Waals surface area contributed by atoms with Crippen LogP contribution in [0.1, 0.15) is 0 Å². The highest BCUT2D eigenvalue weighted by molar-refractivity contribution is 7.87. The van der Waals surface area contributed by atoms with E-state index in [9.17, 15) is 8.42 Å². The van der Waals surface area contributed by atoms with Crippen LogP contribution in [0.2, 0.25) is 0 Å². The molecule has 6 nitrogen and oxygen atoms in total. The van der Waals surface area contributed by atoms with Gasteiger partial charge in [0.25, 0.3) is 10.2 Å². The van der Waals surface area contributed by atoms with Crippen LogP contribution in [0.3, 0.4) is 0 Å². The van der Waals surface area contributed by atoms with Crippen LogP contribution in [-0.4, -0.2) is 40.9 Å². The molecule has 1 saturated heterocycles. The van der Waals surface area contributed by atoms with Crippen molar-refractivity contribution in [1.29, 1.82) is 0 Å². The van der Waals surface area contributed by atoms with Gasteiger partial charge in [0.2, 0.25) is 0 Å². The number of hydrogen-bond acceptors (Lipinski definition) is 4. The largest absolute Gasteiger partial charge is 0.377 e. The molecule has 7 heteroatoms. The van der Waals surface area contributed by atoms with Gasteiger partial charge in [-0.25, -0.2) is 5.14 Å². The zero-order valence-electron chi connectivity index (χ0n) is 6.69. The molecule has 72 valence electrons. The lowest BCUT2D eigenvalue weighted by molar-refractivity contribution is 0.0761. The van der Waals surface area contributed by atoms with Crippen LogP contribution < -0.4 is 9.86 Å². The van der Waals surface area contributed by atoms with Gasteiger partial charge >= 0.3 is 0 Å². The number of hydrogen-bond donors (Lipinski definition) is 2. The summed E-state index contributed by atoms with van der Waals surface area (Å²) in [5, 5.41) is 4.78. The van der Waals surface area contributed by atoms with Crippen LogP contribution in [0.25, 0.3) is 0 Å². The molecule has 0 aliphatic carbocycles. The molecule has 12 heavy (non-hydrogen) atoms. The zero-order valence-corrected chi connectivity index (χ0v) is 7.50. The molecular weight excluding hydrogens is 184 g/mol. The SMILES string of the molecule is CO[C@H]1COC[C@@H]1NS(N)(=O)=O. The molecule has 1 aliphatic heterocycles. The van der Waals surface area contributed by atoms with E-state index in [0.717, 1.165) is 0 Å². The zero-order chi connectivity index (χ0) is 9.19. The highest BCUT2D eigenvalue weighted by Gasteiger charge is 2.30. The Hall–Kier alpha value is -0.210. The number of nitrogens with one attached hydrogen (secondary N) is 1. The maximum Gasteiger partial charge on any atom is 0.274 e. The summed E-state index contributed by atoms with van der Waals surface area (Å²) in [4.78, 5) is 0. The molecule has 1 heterocycles. The molecule has 1 rings (SSSR count). The summed E-state index contributed by atoms with van der Waals surface area (Å²) in [5.41, 5.74) is 0. The molecule has 0 aromatic carbocycles. The third-order valence-electron chi connectivity index (χ3n) is 1.65. The van der Waals surface area contributed by atoms with Crippen molar-refractivity contribution < 1.29 is 17.9 Å². The Morgan fingerprint density at radius 1 is 1.58 bits per heavy atom. The van der Waals surface area contributed by atoms with E-state index >= 15 is 0 Å². The summed E-state index contributed by atoms with van der Waals surface area (Å²) in [6, 6.07) is -0.370. The first-order valence-electron chi connectivity index (χ1n) is 3.43. The minimum Gasteiger partial charge on any atom is -0.377 e. The lowest BCUT2D eigenvalue weighted by Crippen LogP contribution is -2.46. The fourth-order valence-electron chi connectivity index (χ4n) is 1.09. The average molecular weight is 196 g/mol. The van der Waals surface area contributed by atoms with Crippen LogP contribution >= 0.6 is 0 Å². The van der Waals surface area contributed by atoms with Crippen molar-refractivity contribution in [2.24, 2.45) is 5.14 Å². The van der Waals surface area contributed by atoms with Crippen molar-refractivity contribution in [2.75, 3.05) is 20.3 Å². The van der Waals surface area contributed by atoms with Gasteiger partial charge in [0.15, 0.2) is 0 Å². The lowest BCUT2D eigenvalue weighted by Gasteiger charge is -2.15. The minimum absolute atomic E-state index is 0.247. The topological polar surface area (TPSA) is 90.7 Å². The van der Waals surface area contributed by atoms with E-state index < -0.39 is 10.2 Å². The molecule has 2 atom stereocenters. The van der Waals surface area contributed by atoms with E-state index in [1.54, 1.807) is 0 Å². The van der Waals surface area contributed by atoms with E-state index in [1.807, 2.05) is 0 Å². The van der Waals surface area contributed by atoms with E-state index in [1.165, 1.54) is 7.11 Å². The maximum atomic E-state index is 10.6. The van der Waals surface area contributed by atoms with Crippen LogP contribution in [0.5, 0.6) is 0 Å². The Morgan fingerprint density at radius 3 is 2.75 bits per heavy atom. The molecule has 0 bridgehead atoms. The van der Waals surface area contributed by atoms with Crippen molar-refractivity contribution in [3.63, 3.8) is 0 Å². The lowest BCUT2D eigenvalue weighted by atomic mass is 10.2. The molecule has 1 aliphatic rings. The van der Waals surface area contributed by atoms with E-state index in [2.05, 4.69) is 4.72 Å². The molecule has 0 radical (unpaired) electrons. The molecule has 0 aromatic heterocycles. The minimum atomic E-state index is -3.66. The van der Waals surface area contributed by atoms with Gasteiger partial charge in [0.05, 0.1) is 25.4 Å². The summed E-state index contributed by atoms with van der Waals surface area (Å²) in [5.74, 6) is 0. The molecule has 1 fully saturated rings. The van der Waals surface area contributed by atoms with Crippen molar-refractivity contribution >= 4 is 10.2 Å². The van der Waals surface area contributed by atoms with Gasteiger partial charge in [-0.1, -0.05) is 0 Å². The van der Waals surface area contributed by atoms with Gasteiger partial charge in [-0.3, -0.25) is 0 Å². The second-order valence-electron chi connectivity index (χ2n) is 2.58. The van der Waals surface area contributed by atoms with Crippen molar-refractivity contribution in [1.82, 2.24) is 4.72 Å². The normalized spacial score (nSPS) is 30.8.